The Morgan fingerprint density at radius 1 is 0.430 bits per heavy atom. The van der Waals surface area contributed by atoms with Gasteiger partial charge in [0.15, 0.2) is 23.7 Å². The second kappa shape index (κ2) is 65.4. The van der Waals surface area contributed by atoms with Crippen LogP contribution in [-0.4, -0.2) is 196 Å². The number of alkyl halides is 3. The van der Waals surface area contributed by atoms with Crippen molar-refractivity contribution in [3.05, 3.63) is 37.3 Å². The monoisotopic (exact) mass is 1730 g/mol. The number of amides is 2. The van der Waals surface area contributed by atoms with Gasteiger partial charge in [0.1, 0.15) is 85.0 Å². The predicted molar refractivity (Wildman–Crippen MR) is 465 cm³/mol. The van der Waals surface area contributed by atoms with E-state index >= 15 is 0 Å². The summed E-state index contributed by atoms with van der Waals surface area (Å²) in [6, 6.07) is -2.28. The van der Waals surface area contributed by atoms with Gasteiger partial charge < -0.3 is 92.5 Å². The highest BCUT2D eigenvalue weighted by Crippen LogP contribution is 2.39. The number of halogens is 3. The maximum absolute atomic E-state index is 13.1. The largest absolute Gasteiger partial charge is 0.481 e. The molecule has 706 valence electrons. The van der Waals surface area contributed by atoms with Crippen molar-refractivity contribution in [2.24, 2.45) is 5.73 Å². The second-order valence-electron chi connectivity index (χ2n) is 34.7. The van der Waals surface area contributed by atoms with E-state index in [1.807, 2.05) is 52.9 Å². The summed E-state index contributed by atoms with van der Waals surface area (Å²) >= 11 is 0. The van der Waals surface area contributed by atoms with Crippen LogP contribution in [0.4, 0.5) is 13.2 Å². The molecule has 6 aliphatic rings. The van der Waals surface area contributed by atoms with Crippen molar-refractivity contribution in [1.82, 2.24) is 10.6 Å². The normalized spacial score (nSPS) is 25.8. The molecule has 6 fully saturated rings. The van der Waals surface area contributed by atoms with Crippen LogP contribution >= 0.6 is 0 Å². The molecule has 0 aromatic carbocycles. The fourth-order valence-electron chi connectivity index (χ4n) is 15.5. The van der Waals surface area contributed by atoms with Crippen LogP contribution in [0.3, 0.4) is 0 Å². The molecule has 6 rings (SSSR count). The number of Topliss-reactive ketones (excluding diaryl/α,β-unsaturated/α-hetero) is 2. The minimum Gasteiger partial charge on any atom is -0.481 e. The third-order valence-electron chi connectivity index (χ3n) is 22.2. The summed E-state index contributed by atoms with van der Waals surface area (Å²) in [7, 11) is 0. The fourth-order valence-corrected chi connectivity index (χ4v) is 15.5. The minimum atomic E-state index is -5.06. The van der Waals surface area contributed by atoms with E-state index in [4.69, 9.17) is 81.9 Å². The Kier molecular flexibility index (Phi) is 59.9. The third kappa shape index (κ3) is 48.5. The number of rotatable bonds is 61. The van der Waals surface area contributed by atoms with Gasteiger partial charge in [0.05, 0.1) is 51.4 Å². The van der Waals surface area contributed by atoms with Crippen LogP contribution in [0, 0.1) is 0 Å². The van der Waals surface area contributed by atoms with Gasteiger partial charge in [-0.3, -0.25) is 24.0 Å². The molecule has 6 saturated heterocycles. The second-order valence-corrected chi connectivity index (χ2v) is 34.7. The van der Waals surface area contributed by atoms with E-state index in [2.05, 4.69) is 46.5 Å². The number of carboxylic acids is 1. The number of carboxylic acid groups (broad SMARTS) is 1. The Morgan fingerprint density at radius 3 is 1.08 bits per heavy atom. The lowest BCUT2D eigenvalue weighted by Gasteiger charge is -2.51. The Balaban J connectivity index is 0.000000434. The van der Waals surface area contributed by atoms with Crippen molar-refractivity contribution >= 4 is 29.4 Å². The predicted octanol–water partition coefficient (Wildman–Crippen LogP) is 20.4. The van der Waals surface area contributed by atoms with Crippen molar-refractivity contribution in [3.63, 3.8) is 0 Å². The molecule has 0 bridgehead atoms. The summed E-state index contributed by atoms with van der Waals surface area (Å²) in [4.78, 5) is 58.9. The Morgan fingerprint density at radius 2 is 0.736 bits per heavy atom. The van der Waals surface area contributed by atoms with Crippen LogP contribution in [0.15, 0.2) is 37.3 Å². The smallest absolute Gasteiger partial charge is 0.471 e. The maximum Gasteiger partial charge on any atom is 0.471 e. The van der Waals surface area contributed by atoms with Crippen molar-refractivity contribution in [1.29, 1.82) is 0 Å². The molecular formula is C94H168F3N3O21. The highest BCUT2D eigenvalue weighted by molar-refractivity contribution is 5.98. The van der Waals surface area contributed by atoms with Gasteiger partial charge in [-0.05, 0) is 87.5 Å². The first-order chi connectivity index (χ1) is 58.0. The van der Waals surface area contributed by atoms with Crippen molar-refractivity contribution in [3.8, 4) is 0 Å². The summed E-state index contributed by atoms with van der Waals surface area (Å²) in [5, 5.41) is 13.5. The number of nitrogens with two attached hydrogens (primary N) is 1. The average Bonchev–Trinajstić information content (AvgIpc) is 0.774. The lowest BCUT2D eigenvalue weighted by Crippen LogP contribution is -2.69. The molecule has 0 aromatic rings. The molecule has 6 aliphatic heterocycles. The number of hydrogen-bond donors (Lipinski definition) is 4. The molecule has 121 heavy (non-hydrogen) atoms. The van der Waals surface area contributed by atoms with Crippen LogP contribution < -0.4 is 16.4 Å². The van der Waals surface area contributed by atoms with Gasteiger partial charge in [-0.1, -0.05) is 278 Å². The van der Waals surface area contributed by atoms with Crippen molar-refractivity contribution in [2.45, 2.75) is 488 Å². The van der Waals surface area contributed by atoms with E-state index in [9.17, 15) is 37.1 Å². The maximum atomic E-state index is 13.1. The summed E-state index contributed by atoms with van der Waals surface area (Å²) in [6.45, 7) is 31.9. The van der Waals surface area contributed by atoms with E-state index in [0.717, 1.165) is 77.0 Å². The van der Waals surface area contributed by atoms with Crippen molar-refractivity contribution < 1.29 is 113 Å². The molecule has 15 atom stereocenters. The summed E-state index contributed by atoms with van der Waals surface area (Å²) in [5.41, 5.74) is 6.44. The number of aliphatic carboxylic acids is 1. The zero-order chi connectivity index (χ0) is 89.2. The molecule has 24 nitrogen and oxygen atoms in total. The average molecular weight is 1730 g/mol. The Bertz CT molecular complexity index is 2760. The first kappa shape index (κ1) is 111. The standard InChI is InChI=1S/C34H61NO7.C24H40F3NO6.C22H41NO5.C14H26O3/c1-6-9-11-13-15-17-19-21-24-38-32-30(35-29(37)25-27(36)22-20-18-16-14-12-10-7-2)33(39-23-8-3)41-28-26-40-34(4,5)42-31(28)32;1-5-7-8-9-10-11-12-13-15-30-20-18(28-22(29)24(25,26)27)21(31-14-6-2)33-17-16-32-23(3,4)34-19(17)20;1-5-7-8-9-10-11-12-13-15-24-20-18(23)21(25-14-6-2)27-17-16-26-22(3,4)28-19(17)20;1-2-3-4-5-6-7-8-9-10-11-13(15)12-14(16)17/h8,23,28,30-33H,6-7,9-22,24-26H2,1-5H3,(H,35,37);6,17-21H,2,5,7-16H2,1,3-4H3,(H,28,29);6,14,17-21H,5,7-13,15-16,23H2,1-4H3;2-12H2,1H3,(H,16,17)/b23-8-;;14-6-;/t28-,30-,31-,32-,33+;2*17-,18-,19-,20-,21+;/m111./s1. The van der Waals surface area contributed by atoms with E-state index < -0.39 is 109 Å². The Hall–Kier alpha value is -4.20. The number of ether oxygens (including phenoxy) is 15. The number of ketones is 2. The van der Waals surface area contributed by atoms with Crippen LogP contribution in [-0.2, 0) is 95.0 Å². The highest BCUT2D eigenvalue weighted by atomic mass is 19.4. The summed E-state index contributed by atoms with van der Waals surface area (Å²) in [6.07, 6.45) is 44.1. The molecular weight excluding hydrogens is 1560 g/mol. The lowest BCUT2D eigenvalue weighted by molar-refractivity contribution is -0.371. The third-order valence-corrected chi connectivity index (χ3v) is 22.2. The summed E-state index contributed by atoms with van der Waals surface area (Å²) in [5.74, 6) is -6.05. The van der Waals surface area contributed by atoms with Crippen molar-refractivity contribution in [2.75, 3.05) is 46.2 Å². The molecule has 5 N–H and O–H groups in total. The minimum absolute atomic E-state index is 0.0262. The van der Waals surface area contributed by atoms with E-state index in [1.165, 1.54) is 186 Å². The number of carbonyl (C=O) groups is 5. The van der Waals surface area contributed by atoms with Gasteiger partial charge in [-0.2, -0.15) is 13.2 Å². The van der Waals surface area contributed by atoms with Crippen LogP contribution in [0.5, 0.6) is 0 Å². The lowest BCUT2D eigenvalue weighted by atomic mass is 9.94. The van der Waals surface area contributed by atoms with E-state index in [0.29, 0.717) is 45.9 Å². The molecule has 0 spiro atoms. The molecule has 27 heteroatoms. The van der Waals surface area contributed by atoms with Crippen LogP contribution in [0.25, 0.3) is 0 Å². The number of carbonyl (C=O) groups excluding carboxylic acids is 4. The van der Waals surface area contributed by atoms with E-state index in [-0.39, 0.29) is 61.8 Å². The molecule has 0 aromatic heterocycles. The number of nitrogens with one attached hydrogen (secondary N) is 2. The molecule has 6 heterocycles. The van der Waals surface area contributed by atoms with Gasteiger partial charge in [-0.15, -0.1) is 6.58 Å². The summed E-state index contributed by atoms with van der Waals surface area (Å²) < 4.78 is 129. The SMILES string of the molecule is C/C=C\O[C@H]1O[C@@H]2COC(C)(C)O[C@H]2[C@H](OCCCCCCCCCC)[C@H]1N.C/C=C\O[C@H]1O[C@@H]2COC(C)(C)O[C@H]2[C@H](OCCCCCCCCCC)[C@H]1NC(=O)CC(=O)CCCCCCCCC.C=CCO[C@H]1O[C@@H]2COC(C)(C)O[C@H]2[C@H](OCCCCCCCCCC)[C@H]1NC(=O)C(F)(F)F.CCCCCCCCCCCC(=O)CC(=O)O. The van der Waals surface area contributed by atoms with Crippen LogP contribution in [0.2, 0.25) is 0 Å². The van der Waals surface area contributed by atoms with Gasteiger partial charge in [-0.25, -0.2) is 0 Å². The van der Waals surface area contributed by atoms with Gasteiger partial charge in [0.2, 0.25) is 18.5 Å². The molecule has 0 unspecified atom stereocenters. The van der Waals surface area contributed by atoms with Gasteiger partial charge in [0.25, 0.3) is 0 Å². The molecule has 0 aliphatic carbocycles. The zero-order valence-corrected chi connectivity index (χ0v) is 77.1. The quantitative estimate of drug-likeness (QED) is 0.0190. The number of fused-ring (bicyclic) bond motifs is 3. The molecule has 2 amide bonds. The first-order valence-corrected chi connectivity index (χ1v) is 47.2. The fraction of sp³-hybridized carbons (Fsp3) is 0.883. The Labute approximate surface area is 727 Å². The van der Waals surface area contributed by atoms with Gasteiger partial charge >= 0.3 is 18.1 Å². The molecule has 0 saturated carbocycles. The number of allylic oxidation sites excluding steroid dienone is 2. The zero-order valence-electron chi connectivity index (χ0n) is 77.1. The molecule has 0 radical (unpaired) electrons. The van der Waals surface area contributed by atoms with E-state index in [1.54, 1.807) is 32.4 Å². The number of unbranched alkanes of at least 4 members (excludes halogenated alkanes) is 35. The van der Waals surface area contributed by atoms with Gasteiger partial charge in [0, 0.05) is 32.7 Å². The topological polar surface area (TPSA) is 294 Å². The van der Waals surface area contributed by atoms with Crippen LogP contribution in [0.1, 0.15) is 373 Å². The highest BCUT2D eigenvalue weighted by Gasteiger charge is 2.57. The number of hydrogen-bond acceptors (Lipinski definition) is 21. The first-order valence-electron chi connectivity index (χ1n) is 47.2.